The van der Waals surface area contributed by atoms with E-state index in [1.165, 1.54) is 0 Å². The monoisotopic (exact) mass is 266 g/mol. The Morgan fingerprint density at radius 1 is 0.895 bits per heavy atom. The smallest absolute Gasteiger partial charge is 0.281 e. The van der Waals surface area contributed by atoms with E-state index >= 15 is 0 Å². The quantitative estimate of drug-likeness (QED) is 0.530. The molecule has 2 rings (SSSR count). The summed E-state index contributed by atoms with van der Waals surface area (Å²) in [5.41, 5.74) is 0. The molecular formula is C14H18O5. The van der Waals surface area contributed by atoms with Crippen molar-refractivity contribution in [1.29, 1.82) is 0 Å². The van der Waals surface area contributed by atoms with Gasteiger partial charge < -0.3 is 25.5 Å². The maximum atomic E-state index is 10.2. The predicted octanol–water partition coefficient (Wildman–Crippen LogP) is 1.53. The minimum Gasteiger partial charge on any atom is -0.511 e. The van der Waals surface area contributed by atoms with E-state index in [0.29, 0.717) is 0 Å². The largest absolute Gasteiger partial charge is 0.511 e. The summed E-state index contributed by atoms with van der Waals surface area (Å²) in [6, 6.07) is 2.20. The van der Waals surface area contributed by atoms with Gasteiger partial charge in [-0.15, -0.1) is 0 Å². The van der Waals surface area contributed by atoms with Crippen LogP contribution in [0.1, 0.15) is 32.1 Å². The summed E-state index contributed by atoms with van der Waals surface area (Å²) >= 11 is 0. The molecule has 1 aromatic rings. The number of phenolic OH excluding ortho intramolecular Hbond substituents is 2. The summed E-state index contributed by atoms with van der Waals surface area (Å²) in [5, 5.41) is 47.6. The third kappa shape index (κ3) is 2.70. The first-order chi connectivity index (χ1) is 9.00. The van der Waals surface area contributed by atoms with E-state index in [1.807, 2.05) is 0 Å². The molecule has 0 aliphatic heterocycles. The standard InChI is InChI=1S/C14H18O5/c15-10-6-9(14(18)19)7-11(16)12(10)13(17)8-4-2-1-3-5-8/h6-8,15-19H,1-5H2. The molecule has 0 aromatic heterocycles. The van der Waals surface area contributed by atoms with E-state index in [1.54, 1.807) is 0 Å². The molecule has 1 fully saturated rings. The van der Waals surface area contributed by atoms with Crippen LogP contribution in [0.3, 0.4) is 0 Å². The summed E-state index contributed by atoms with van der Waals surface area (Å²) in [6.07, 6.45) is 4.81. The van der Waals surface area contributed by atoms with Crippen LogP contribution in [0.2, 0.25) is 0 Å². The number of phenols is 2. The molecule has 104 valence electrons. The first-order valence-corrected chi connectivity index (χ1v) is 6.38. The van der Waals surface area contributed by atoms with E-state index in [4.69, 9.17) is 10.2 Å². The molecule has 5 N–H and O–H groups in total. The summed E-state index contributed by atoms with van der Waals surface area (Å²) in [7, 11) is 0. The first kappa shape index (κ1) is 13.4. The van der Waals surface area contributed by atoms with Crippen LogP contribution in [-0.4, -0.2) is 25.5 Å². The third-order valence-electron chi connectivity index (χ3n) is 3.60. The Hall–Kier alpha value is -2.04. The molecule has 0 spiro atoms. The molecule has 0 unspecified atom stereocenters. The normalized spacial score (nSPS) is 16.2. The van der Waals surface area contributed by atoms with Crippen LogP contribution >= 0.6 is 0 Å². The van der Waals surface area contributed by atoms with Crippen LogP contribution < -0.4 is 10.4 Å². The highest BCUT2D eigenvalue weighted by molar-refractivity contribution is 5.50. The lowest BCUT2D eigenvalue weighted by Gasteiger charge is -2.21. The maximum Gasteiger partial charge on any atom is 0.281 e. The van der Waals surface area contributed by atoms with Crippen LogP contribution in [0.25, 0.3) is 11.7 Å². The molecule has 1 aliphatic carbocycles. The van der Waals surface area contributed by atoms with Gasteiger partial charge in [-0.2, -0.15) is 0 Å². The molecule has 0 atom stereocenters. The molecule has 0 radical (unpaired) electrons. The van der Waals surface area contributed by atoms with Crippen molar-refractivity contribution in [2.24, 2.45) is 5.92 Å². The van der Waals surface area contributed by atoms with Gasteiger partial charge in [-0.25, -0.2) is 0 Å². The van der Waals surface area contributed by atoms with E-state index < -0.39 is 5.95 Å². The lowest BCUT2D eigenvalue weighted by molar-refractivity contribution is 0.297. The number of rotatable bonds is 1. The van der Waals surface area contributed by atoms with E-state index in [0.717, 1.165) is 44.2 Å². The predicted molar refractivity (Wildman–Crippen MR) is 70.3 cm³/mol. The second kappa shape index (κ2) is 5.30. The Labute approximate surface area is 110 Å². The molecule has 5 heteroatoms. The van der Waals surface area contributed by atoms with Gasteiger partial charge in [0.15, 0.2) is 0 Å². The van der Waals surface area contributed by atoms with Crippen LogP contribution in [-0.2, 0) is 0 Å². The van der Waals surface area contributed by atoms with Gasteiger partial charge >= 0.3 is 0 Å². The molecule has 1 saturated carbocycles. The highest BCUT2D eigenvalue weighted by Crippen LogP contribution is 2.29. The summed E-state index contributed by atoms with van der Waals surface area (Å²) in [5.74, 6) is -1.81. The lowest BCUT2D eigenvalue weighted by atomic mass is 9.87. The SMILES string of the molecule is OC(O)=c1cc(O)c(=C(O)C2CCCCC2)c(O)c1. The zero-order chi connectivity index (χ0) is 14.0. The van der Waals surface area contributed by atoms with Gasteiger partial charge in [0.05, 0.1) is 10.4 Å². The second-order valence-corrected chi connectivity index (χ2v) is 4.93. The van der Waals surface area contributed by atoms with Crippen LogP contribution in [0, 0.1) is 5.92 Å². The van der Waals surface area contributed by atoms with Gasteiger partial charge in [-0.1, -0.05) is 19.3 Å². The number of aliphatic hydroxyl groups excluding tert-OH is 2. The third-order valence-corrected chi connectivity index (χ3v) is 3.60. The Morgan fingerprint density at radius 2 is 1.42 bits per heavy atom. The van der Waals surface area contributed by atoms with Crippen molar-refractivity contribution in [2.45, 2.75) is 32.1 Å². The molecule has 0 amide bonds. The highest BCUT2D eigenvalue weighted by Gasteiger charge is 2.20. The van der Waals surface area contributed by atoms with Gasteiger partial charge in [-0.05, 0) is 25.0 Å². The number of aliphatic hydroxyl groups is 3. The molecule has 0 saturated heterocycles. The van der Waals surface area contributed by atoms with E-state index in [9.17, 15) is 15.3 Å². The Balaban J connectivity index is 2.58. The molecule has 5 nitrogen and oxygen atoms in total. The van der Waals surface area contributed by atoms with Crippen LogP contribution in [0.5, 0.6) is 11.5 Å². The fourth-order valence-corrected chi connectivity index (χ4v) is 2.58. The first-order valence-electron chi connectivity index (χ1n) is 6.38. The Kier molecular flexibility index (Phi) is 3.74. The molecule has 0 bridgehead atoms. The van der Waals surface area contributed by atoms with Crippen molar-refractivity contribution in [3.63, 3.8) is 0 Å². The van der Waals surface area contributed by atoms with Crippen LogP contribution in [0.4, 0.5) is 0 Å². The van der Waals surface area contributed by atoms with Crippen molar-refractivity contribution < 1.29 is 25.5 Å². The van der Waals surface area contributed by atoms with Crippen molar-refractivity contribution in [2.75, 3.05) is 0 Å². The number of hydrogen-bond acceptors (Lipinski definition) is 5. The van der Waals surface area contributed by atoms with Gasteiger partial charge in [0, 0.05) is 5.92 Å². The van der Waals surface area contributed by atoms with Crippen molar-refractivity contribution >= 4 is 11.7 Å². The molecule has 1 aliphatic rings. The van der Waals surface area contributed by atoms with Gasteiger partial charge in [-0.3, -0.25) is 0 Å². The minimum atomic E-state index is -0.991. The molecule has 0 heterocycles. The average molecular weight is 266 g/mol. The zero-order valence-corrected chi connectivity index (χ0v) is 10.5. The van der Waals surface area contributed by atoms with Gasteiger partial charge in [0.25, 0.3) is 5.95 Å². The number of aromatic hydroxyl groups is 2. The maximum absolute atomic E-state index is 10.2. The minimum absolute atomic E-state index is 0.0168. The topological polar surface area (TPSA) is 101 Å². The molecule has 19 heavy (non-hydrogen) atoms. The number of hydrogen-bond donors (Lipinski definition) is 5. The van der Waals surface area contributed by atoms with Crippen LogP contribution in [0.15, 0.2) is 12.1 Å². The summed E-state index contributed by atoms with van der Waals surface area (Å²) in [4.78, 5) is 0. The Bertz CT molecular complexity index is 551. The summed E-state index contributed by atoms with van der Waals surface area (Å²) < 4.78 is 0. The van der Waals surface area contributed by atoms with Gasteiger partial charge in [0.1, 0.15) is 17.3 Å². The lowest BCUT2D eigenvalue weighted by Crippen LogP contribution is -2.20. The average Bonchev–Trinajstić information content (AvgIpc) is 2.38. The van der Waals surface area contributed by atoms with E-state index in [2.05, 4.69) is 0 Å². The van der Waals surface area contributed by atoms with E-state index in [-0.39, 0.29) is 33.6 Å². The Morgan fingerprint density at radius 3 is 1.89 bits per heavy atom. The fourth-order valence-electron chi connectivity index (χ4n) is 2.58. The fraction of sp³-hybridized carbons (Fsp3) is 0.429. The molecular weight excluding hydrogens is 248 g/mol. The van der Waals surface area contributed by atoms with Crippen molar-refractivity contribution in [3.8, 4) is 11.5 Å². The number of benzene rings is 1. The zero-order valence-electron chi connectivity index (χ0n) is 10.5. The highest BCUT2D eigenvalue weighted by atomic mass is 16.5. The van der Waals surface area contributed by atoms with Gasteiger partial charge in [0.2, 0.25) is 0 Å². The van der Waals surface area contributed by atoms with Crippen molar-refractivity contribution in [3.05, 3.63) is 22.6 Å². The summed E-state index contributed by atoms with van der Waals surface area (Å²) in [6.45, 7) is 0. The second-order valence-electron chi connectivity index (χ2n) is 4.93. The van der Waals surface area contributed by atoms with Crippen molar-refractivity contribution in [1.82, 2.24) is 0 Å². The molecule has 1 aromatic carbocycles.